The van der Waals surface area contributed by atoms with Crippen molar-refractivity contribution in [3.05, 3.63) is 57.8 Å². The summed E-state index contributed by atoms with van der Waals surface area (Å²) in [5.74, 6) is -1.74. The Morgan fingerprint density at radius 1 is 1.15 bits per heavy atom. The smallest absolute Gasteiger partial charge is 0.333 e. The number of hydrogen-bond acceptors (Lipinski definition) is 3. The molecule has 0 spiro atoms. The second-order valence-corrected chi connectivity index (χ2v) is 6.33. The molecule has 2 rings (SSSR count). The van der Waals surface area contributed by atoms with E-state index in [0.717, 1.165) is 12.1 Å². The number of rotatable bonds is 5. The van der Waals surface area contributed by atoms with Crippen LogP contribution in [0.15, 0.2) is 36.4 Å². The zero-order valence-electron chi connectivity index (χ0n) is 13.8. The maximum absolute atomic E-state index is 13.5. The molecular weight excluding hydrogens is 386 g/mol. The fraction of sp³-hybridized carbons (Fsp3) is 0.176. The number of methoxy groups -OCH3 is 1. The third-order valence-electron chi connectivity index (χ3n) is 3.65. The van der Waals surface area contributed by atoms with Crippen molar-refractivity contribution in [2.24, 2.45) is 0 Å². The molecule has 26 heavy (non-hydrogen) atoms. The Morgan fingerprint density at radius 3 is 2.42 bits per heavy atom. The van der Waals surface area contributed by atoms with Crippen molar-refractivity contribution in [1.82, 2.24) is 5.32 Å². The first-order valence-electron chi connectivity index (χ1n) is 7.28. The normalized spacial score (nSPS) is 12.8. The van der Waals surface area contributed by atoms with Gasteiger partial charge in [-0.25, -0.2) is 14.0 Å². The molecule has 0 bridgehead atoms. The lowest BCUT2D eigenvalue weighted by Gasteiger charge is -2.27. The minimum absolute atomic E-state index is 0.0984. The highest BCUT2D eigenvalue weighted by Gasteiger charge is 2.37. The topological polar surface area (TPSA) is 87.7 Å². The molecule has 0 aromatic heterocycles. The Labute approximate surface area is 158 Å². The van der Waals surface area contributed by atoms with E-state index in [2.05, 4.69) is 10.6 Å². The van der Waals surface area contributed by atoms with E-state index in [1.807, 2.05) is 0 Å². The van der Waals surface area contributed by atoms with Gasteiger partial charge in [-0.05, 0) is 30.7 Å². The van der Waals surface area contributed by atoms with Crippen molar-refractivity contribution >= 4 is 40.9 Å². The number of benzene rings is 2. The number of aliphatic carboxylic acids is 1. The van der Waals surface area contributed by atoms with Gasteiger partial charge in [-0.15, -0.1) is 0 Å². The molecule has 0 saturated heterocycles. The number of hydrogen-bond donors (Lipinski definition) is 3. The van der Waals surface area contributed by atoms with Gasteiger partial charge >= 0.3 is 12.0 Å². The number of amides is 2. The lowest BCUT2D eigenvalue weighted by atomic mass is 9.92. The summed E-state index contributed by atoms with van der Waals surface area (Å²) in [4.78, 5) is 24.0. The largest absolute Gasteiger partial charge is 0.497 e. The van der Waals surface area contributed by atoms with Crippen LogP contribution in [0.4, 0.5) is 14.9 Å². The monoisotopic (exact) mass is 400 g/mol. The Balaban J connectivity index is 2.26. The summed E-state index contributed by atoms with van der Waals surface area (Å²) < 4.78 is 18.4. The van der Waals surface area contributed by atoms with E-state index in [4.69, 9.17) is 27.9 Å². The molecule has 1 atom stereocenters. The molecule has 3 N–H and O–H groups in total. The molecule has 0 radical (unpaired) electrons. The molecule has 2 aromatic rings. The second-order valence-electron chi connectivity index (χ2n) is 5.52. The van der Waals surface area contributed by atoms with Crippen LogP contribution in [0.3, 0.4) is 0 Å². The molecule has 138 valence electrons. The van der Waals surface area contributed by atoms with Crippen LogP contribution in [-0.2, 0) is 10.3 Å². The molecule has 0 aliphatic heterocycles. The average molecular weight is 401 g/mol. The van der Waals surface area contributed by atoms with Gasteiger partial charge in [0, 0.05) is 17.8 Å². The molecule has 0 aliphatic carbocycles. The van der Waals surface area contributed by atoms with Crippen LogP contribution in [0.1, 0.15) is 12.5 Å². The number of nitrogens with one attached hydrogen (secondary N) is 2. The van der Waals surface area contributed by atoms with Gasteiger partial charge in [-0.1, -0.05) is 29.3 Å². The maximum Gasteiger partial charge on any atom is 0.333 e. The molecule has 2 amide bonds. The molecular formula is C17H15Cl2FN2O4. The lowest BCUT2D eigenvalue weighted by molar-refractivity contribution is -0.144. The average Bonchev–Trinajstić information content (AvgIpc) is 2.56. The molecule has 1 unspecified atom stereocenters. The summed E-state index contributed by atoms with van der Waals surface area (Å²) in [5, 5.41) is 14.7. The number of urea groups is 1. The van der Waals surface area contributed by atoms with Crippen LogP contribution in [0.2, 0.25) is 10.0 Å². The number of carboxylic acid groups (broad SMARTS) is 1. The summed E-state index contributed by atoms with van der Waals surface area (Å²) in [6.45, 7) is 1.29. The highest BCUT2D eigenvalue weighted by Crippen LogP contribution is 2.29. The predicted octanol–water partition coefficient (Wildman–Crippen LogP) is 4.26. The highest BCUT2D eigenvalue weighted by atomic mass is 35.5. The van der Waals surface area contributed by atoms with Gasteiger partial charge in [-0.3, -0.25) is 0 Å². The van der Waals surface area contributed by atoms with E-state index in [1.54, 1.807) is 0 Å². The summed E-state index contributed by atoms with van der Waals surface area (Å²) in [7, 11) is 1.35. The van der Waals surface area contributed by atoms with Crippen molar-refractivity contribution in [1.29, 1.82) is 0 Å². The highest BCUT2D eigenvalue weighted by molar-refractivity contribution is 6.42. The van der Waals surface area contributed by atoms with E-state index in [1.165, 1.54) is 38.3 Å². The maximum atomic E-state index is 13.5. The third kappa shape index (κ3) is 4.36. The van der Waals surface area contributed by atoms with Crippen LogP contribution < -0.4 is 15.4 Å². The molecule has 9 heteroatoms. The first kappa shape index (κ1) is 19.8. The fourth-order valence-corrected chi connectivity index (χ4v) is 2.50. The third-order valence-corrected chi connectivity index (χ3v) is 4.39. The Bertz CT molecular complexity index is 863. The van der Waals surface area contributed by atoms with Gasteiger partial charge in [-0.2, -0.15) is 0 Å². The Morgan fingerprint density at radius 2 is 1.85 bits per heavy atom. The second kappa shape index (κ2) is 7.80. The van der Waals surface area contributed by atoms with Crippen molar-refractivity contribution in [2.75, 3.05) is 12.4 Å². The van der Waals surface area contributed by atoms with Crippen LogP contribution in [0, 0.1) is 5.82 Å². The summed E-state index contributed by atoms with van der Waals surface area (Å²) in [6.07, 6.45) is 0. The summed E-state index contributed by atoms with van der Waals surface area (Å²) >= 11 is 11.8. The van der Waals surface area contributed by atoms with Crippen LogP contribution >= 0.6 is 23.2 Å². The first-order valence-corrected chi connectivity index (χ1v) is 8.04. The quantitative estimate of drug-likeness (QED) is 0.699. The molecule has 0 heterocycles. The number of ether oxygens (including phenoxy) is 1. The SMILES string of the molecule is COc1cc(F)cc(NC(=O)NC(C)(C(=O)O)c2ccc(Cl)c(Cl)c2)c1. The predicted molar refractivity (Wildman–Crippen MR) is 96.6 cm³/mol. The van der Waals surface area contributed by atoms with E-state index >= 15 is 0 Å². The standard InChI is InChI=1S/C17H15Cl2FN2O4/c1-17(15(23)24,9-3-4-13(18)14(19)5-9)22-16(25)21-11-6-10(20)7-12(8-11)26-2/h3-8H,1-2H3,(H,23,24)(H2,21,22,25). The number of anilines is 1. The van der Waals surface area contributed by atoms with Crippen LogP contribution in [0.25, 0.3) is 0 Å². The molecule has 2 aromatic carbocycles. The van der Waals surface area contributed by atoms with Crippen molar-refractivity contribution in [2.45, 2.75) is 12.5 Å². The molecule has 0 aliphatic rings. The zero-order valence-corrected chi connectivity index (χ0v) is 15.3. The van der Waals surface area contributed by atoms with Gasteiger partial charge in [0.2, 0.25) is 0 Å². The minimum atomic E-state index is -1.80. The lowest BCUT2D eigenvalue weighted by Crippen LogP contribution is -2.51. The molecule has 6 nitrogen and oxygen atoms in total. The van der Waals surface area contributed by atoms with Crippen molar-refractivity contribution in [3.8, 4) is 5.75 Å². The summed E-state index contributed by atoms with van der Waals surface area (Å²) in [6, 6.07) is 6.96. The number of halogens is 3. The minimum Gasteiger partial charge on any atom is -0.497 e. The Kier molecular flexibility index (Phi) is 5.94. The van der Waals surface area contributed by atoms with Crippen molar-refractivity contribution in [3.63, 3.8) is 0 Å². The first-order chi connectivity index (χ1) is 12.2. The Hall–Kier alpha value is -2.51. The fourth-order valence-electron chi connectivity index (χ4n) is 2.20. The van der Waals surface area contributed by atoms with Crippen LogP contribution in [-0.4, -0.2) is 24.2 Å². The van der Waals surface area contributed by atoms with Gasteiger partial charge < -0.3 is 20.5 Å². The van der Waals surface area contributed by atoms with Gasteiger partial charge in [0.15, 0.2) is 5.54 Å². The van der Waals surface area contributed by atoms with E-state index in [-0.39, 0.29) is 27.0 Å². The van der Waals surface area contributed by atoms with Crippen molar-refractivity contribution < 1.29 is 23.8 Å². The van der Waals surface area contributed by atoms with E-state index < -0.39 is 23.4 Å². The van der Waals surface area contributed by atoms with Gasteiger partial charge in [0.25, 0.3) is 0 Å². The summed E-state index contributed by atoms with van der Waals surface area (Å²) in [5.41, 5.74) is -1.48. The van der Waals surface area contributed by atoms with Gasteiger partial charge in [0.05, 0.1) is 17.2 Å². The molecule has 0 fully saturated rings. The van der Waals surface area contributed by atoms with E-state index in [0.29, 0.717) is 0 Å². The number of carboxylic acids is 1. The van der Waals surface area contributed by atoms with Crippen LogP contribution in [0.5, 0.6) is 5.75 Å². The zero-order chi connectivity index (χ0) is 19.5. The van der Waals surface area contributed by atoms with E-state index in [9.17, 15) is 19.1 Å². The molecule has 0 saturated carbocycles. The number of carbonyl (C=O) groups is 2. The van der Waals surface area contributed by atoms with Gasteiger partial charge in [0.1, 0.15) is 11.6 Å². The number of carbonyl (C=O) groups excluding carboxylic acids is 1.